The number of methoxy groups -OCH3 is 1. The maximum absolute atomic E-state index is 14.7. The van der Waals surface area contributed by atoms with E-state index >= 15 is 0 Å². The summed E-state index contributed by atoms with van der Waals surface area (Å²) < 4.78 is 48.6. The fraction of sp³-hybridized carbons (Fsp3) is 0.480. The van der Waals surface area contributed by atoms with E-state index in [2.05, 4.69) is 10.6 Å². The SMILES string of the molecule is CCc1ccc(Nc2c(C(=O)N3CC(O)(CNC4CCCC4OC)C3)ccc(F)c2F)c(F)c1. The van der Waals surface area contributed by atoms with Gasteiger partial charge in [-0.2, -0.15) is 0 Å². The monoisotopic (exact) mass is 477 g/mol. The molecular weight excluding hydrogens is 447 g/mol. The number of halogens is 3. The summed E-state index contributed by atoms with van der Waals surface area (Å²) in [5.74, 6) is -3.63. The van der Waals surface area contributed by atoms with Crippen molar-refractivity contribution in [2.75, 3.05) is 32.1 Å². The van der Waals surface area contributed by atoms with Gasteiger partial charge in [0.05, 0.1) is 36.1 Å². The van der Waals surface area contributed by atoms with Crippen LogP contribution in [0, 0.1) is 17.5 Å². The number of aryl methyl sites for hydroxylation is 1. The third kappa shape index (κ3) is 4.92. The van der Waals surface area contributed by atoms with E-state index in [4.69, 9.17) is 4.74 Å². The van der Waals surface area contributed by atoms with E-state index in [0.29, 0.717) is 13.0 Å². The standard InChI is InChI=1S/C25H30F3N3O3/c1-3-15-7-10-19(18(27)11-15)30-23-16(8-9-17(26)22(23)28)24(32)31-13-25(33,14-31)12-29-20-5-4-6-21(20)34-2/h7-11,20-21,29-30,33H,3-6,12-14H2,1-2H3. The van der Waals surface area contributed by atoms with Gasteiger partial charge in [-0.05, 0) is 55.5 Å². The van der Waals surface area contributed by atoms with Gasteiger partial charge in [0.2, 0.25) is 0 Å². The molecule has 2 aromatic rings. The van der Waals surface area contributed by atoms with Gasteiger partial charge in [-0.15, -0.1) is 0 Å². The Morgan fingerprint density at radius 2 is 1.94 bits per heavy atom. The summed E-state index contributed by atoms with van der Waals surface area (Å²) in [6, 6.07) is 6.58. The summed E-state index contributed by atoms with van der Waals surface area (Å²) in [5, 5.41) is 16.7. The molecule has 0 bridgehead atoms. The number of hydrogen-bond acceptors (Lipinski definition) is 5. The molecule has 4 rings (SSSR count). The summed E-state index contributed by atoms with van der Waals surface area (Å²) in [7, 11) is 1.67. The number of anilines is 2. The smallest absolute Gasteiger partial charge is 0.256 e. The number of likely N-dealkylation sites (tertiary alicyclic amines) is 1. The summed E-state index contributed by atoms with van der Waals surface area (Å²) in [4.78, 5) is 14.4. The lowest BCUT2D eigenvalue weighted by Crippen LogP contribution is -2.68. The zero-order valence-corrected chi connectivity index (χ0v) is 19.3. The minimum absolute atomic E-state index is 0.0429. The van der Waals surface area contributed by atoms with Gasteiger partial charge in [0.1, 0.15) is 11.4 Å². The minimum Gasteiger partial charge on any atom is -0.385 e. The number of hydrogen-bond donors (Lipinski definition) is 3. The average Bonchev–Trinajstić information content (AvgIpc) is 3.27. The van der Waals surface area contributed by atoms with Gasteiger partial charge >= 0.3 is 0 Å². The molecule has 34 heavy (non-hydrogen) atoms. The summed E-state index contributed by atoms with van der Waals surface area (Å²) in [6.45, 7) is 2.25. The maximum Gasteiger partial charge on any atom is 0.256 e. The van der Waals surface area contributed by atoms with Gasteiger partial charge in [0.15, 0.2) is 11.6 Å². The number of ether oxygens (including phenoxy) is 1. The Kier molecular flexibility index (Phi) is 7.16. The van der Waals surface area contributed by atoms with E-state index in [1.165, 1.54) is 23.1 Å². The van der Waals surface area contributed by atoms with Crippen LogP contribution >= 0.6 is 0 Å². The molecule has 1 saturated heterocycles. The molecule has 1 aliphatic heterocycles. The highest BCUT2D eigenvalue weighted by Crippen LogP contribution is 2.32. The molecule has 184 valence electrons. The highest BCUT2D eigenvalue weighted by atomic mass is 19.2. The van der Waals surface area contributed by atoms with Crippen LogP contribution in [0.1, 0.15) is 42.1 Å². The molecule has 1 aliphatic carbocycles. The van der Waals surface area contributed by atoms with Crippen molar-refractivity contribution < 1.29 is 27.8 Å². The predicted octanol–water partition coefficient (Wildman–Crippen LogP) is 3.75. The molecule has 0 radical (unpaired) electrons. The summed E-state index contributed by atoms with van der Waals surface area (Å²) in [5.41, 5.74) is -1.00. The Hall–Kier alpha value is -2.62. The van der Waals surface area contributed by atoms with Crippen LogP contribution in [0.25, 0.3) is 0 Å². The van der Waals surface area contributed by atoms with Crippen molar-refractivity contribution in [1.82, 2.24) is 10.2 Å². The summed E-state index contributed by atoms with van der Waals surface area (Å²) >= 11 is 0. The molecule has 0 aromatic heterocycles. The fourth-order valence-corrected chi connectivity index (χ4v) is 4.72. The van der Waals surface area contributed by atoms with Crippen molar-refractivity contribution in [2.24, 2.45) is 0 Å². The highest BCUT2D eigenvalue weighted by molar-refractivity contribution is 6.01. The normalized spacial score (nSPS) is 21.4. The van der Waals surface area contributed by atoms with Gasteiger partial charge in [0.25, 0.3) is 5.91 Å². The van der Waals surface area contributed by atoms with Gasteiger partial charge in [0, 0.05) is 19.7 Å². The van der Waals surface area contributed by atoms with E-state index in [-0.39, 0.29) is 36.5 Å². The molecule has 2 atom stereocenters. The zero-order valence-electron chi connectivity index (χ0n) is 19.3. The van der Waals surface area contributed by atoms with Crippen LogP contribution in [0.5, 0.6) is 0 Å². The van der Waals surface area contributed by atoms with Crippen LogP contribution < -0.4 is 10.6 Å². The summed E-state index contributed by atoms with van der Waals surface area (Å²) in [6.07, 6.45) is 3.69. The average molecular weight is 478 g/mol. The molecule has 2 unspecified atom stereocenters. The lowest BCUT2D eigenvalue weighted by Gasteiger charge is -2.47. The molecule has 1 heterocycles. The Balaban J connectivity index is 1.46. The van der Waals surface area contributed by atoms with Crippen molar-refractivity contribution >= 4 is 17.3 Å². The van der Waals surface area contributed by atoms with Crippen molar-refractivity contribution in [1.29, 1.82) is 0 Å². The van der Waals surface area contributed by atoms with E-state index in [1.54, 1.807) is 13.2 Å². The Morgan fingerprint density at radius 3 is 2.62 bits per heavy atom. The number of nitrogens with one attached hydrogen (secondary N) is 2. The van der Waals surface area contributed by atoms with E-state index in [1.807, 2.05) is 6.92 Å². The van der Waals surface area contributed by atoms with Crippen LogP contribution in [0.2, 0.25) is 0 Å². The van der Waals surface area contributed by atoms with Crippen molar-refractivity contribution in [3.05, 3.63) is 58.9 Å². The number of nitrogens with zero attached hydrogens (tertiary/aromatic N) is 1. The van der Waals surface area contributed by atoms with Crippen LogP contribution in [-0.4, -0.2) is 60.4 Å². The third-order valence-electron chi connectivity index (χ3n) is 6.73. The van der Waals surface area contributed by atoms with Crippen molar-refractivity contribution in [2.45, 2.75) is 50.4 Å². The van der Waals surface area contributed by atoms with Crippen LogP contribution in [0.15, 0.2) is 30.3 Å². The molecule has 9 heteroatoms. The number of amides is 1. The first-order valence-electron chi connectivity index (χ1n) is 11.6. The van der Waals surface area contributed by atoms with Crippen LogP contribution in [0.3, 0.4) is 0 Å². The van der Waals surface area contributed by atoms with Crippen LogP contribution in [0.4, 0.5) is 24.5 Å². The molecule has 3 N–H and O–H groups in total. The van der Waals surface area contributed by atoms with Gasteiger partial charge in [-0.25, -0.2) is 13.2 Å². The number of carbonyl (C=O) groups is 1. The Bertz CT molecular complexity index is 1060. The molecular formula is C25H30F3N3O3. The molecule has 1 saturated carbocycles. The minimum atomic E-state index is -1.27. The predicted molar refractivity (Wildman–Crippen MR) is 123 cm³/mol. The highest BCUT2D eigenvalue weighted by Gasteiger charge is 2.45. The molecule has 2 aliphatic rings. The maximum atomic E-state index is 14.7. The van der Waals surface area contributed by atoms with Crippen molar-refractivity contribution in [3.63, 3.8) is 0 Å². The number of carbonyl (C=O) groups excluding carboxylic acids is 1. The zero-order chi connectivity index (χ0) is 24.5. The largest absolute Gasteiger partial charge is 0.385 e. The first kappa shape index (κ1) is 24.5. The number of β-amino-alcohol motifs (C(OH)–C–C–N with tert-alkyl or cyclic N) is 1. The number of aliphatic hydroxyl groups is 1. The number of rotatable bonds is 8. The second-order valence-electron chi connectivity index (χ2n) is 9.15. The van der Waals surface area contributed by atoms with Crippen LogP contribution in [-0.2, 0) is 11.2 Å². The molecule has 0 spiro atoms. The second kappa shape index (κ2) is 9.93. The first-order chi connectivity index (χ1) is 16.2. The Morgan fingerprint density at radius 1 is 1.18 bits per heavy atom. The Labute approximate surface area is 197 Å². The van der Waals surface area contributed by atoms with Gasteiger partial charge in [-0.1, -0.05) is 13.0 Å². The number of benzene rings is 2. The fourth-order valence-electron chi connectivity index (χ4n) is 4.72. The van der Waals surface area contributed by atoms with Crippen molar-refractivity contribution in [3.8, 4) is 0 Å². The topological polar surface area (TPSA) is 73.8 Å². The lowest BCUT2D eigenvalue weighted by atomic mass is 9.92. The third-order valence-corrected chi connectivity index (χ3v) is 6.73. The lowest BCUT2D eigenvalue weighted by molar-refractivity contribution is -0.0815. The van der Waals surface area contributed by atoms with E-state index in [9.17, 15) is 23.1 Å². The van der Waals surface area contributed by atoms with E-state index in [0.717, 1.165) is 30.9 Å². The van der Waals surface area contributed by atoms with E-state index < -0.39 is 34.6 Å². The quantitative estimate of drug-likeness (QED) is 0.540. The molecule has 2 fully saturated rings. The molecule has 1 amide bonds. The van der Waals surface area contributed by atoms with Gasteiger partial charge < -0.3 is 25.4 Å². The van der Waals surface area contributed by atoms with Gasteiger partial charge in [-0.3, -0.25) is 4.79 Å². The molecule has 2 aromatic carbocycles. The second-order valence-corrected chi connectivity index (χ2v) is 9.15. The molecule has 6 nitrogen and oxygen atoms in total. The first-order valence-corrected chi connectivity index (χ1v) is 11.6.